The molecule has 0 N–H and O–H groups in total. The molecule has 1 heterocycles. The monoisotopic (exact) mass is 219 g/mol. The van der Waals surface area contributed by atoms with E-state index in [2.05, 4.69) is 18.7 Å². The van der Waals surface area contributed by atoms with E-state index >= 15 is 0 Å². The van der Waals surface area contributed by atoms with Crippen molar-refractivity contribution in [3.8, 4) is 5.75 Å². The molecule has 0 saturated carbocycles. The van der Waals surface area contributed by atoms with Gasteiger partial charge in [0.1, 0.15) is 12.4 Å². The van der Waals surface area contributed by atoms with Crippen LogP contribution in [-0.4, -0.2) is 30.6 Å². The topological polar surface area (TPSA) is 12.5 Å². The number of rotatable bonds is 4. The second-order valence-electron chi connectivity index (χ2n) is 4.86. The standard InChI is InChI=1S/C14H21NO/c1-12-8-9-15(10-12)13(2)11-16-14-6-4-3-5-7-14/h3-7,12-13H,8-11H2,1-2H3/t12-,13-/m1/s1. The highest BCUT2D eigenvalue weighted by atomic mass is 16.5. The van der Waals surface area contributed by atoms with Gasteiger partial charge in [0, 0.05) is 12.6 Å². The van der Waals surface area contributed by atoms with E-state index in [1.165, 1.54) is 19.5 Å². The van der Waals surface area contributed by atoms with E-state index in [0.29, 0.717) is 6.04 Å². The Morgan fingerprint density at radius 1 is 1.38 bits per heavy atom. The largest absolute Gasteiger partial charge is 0.492 e. The molecule has 1 aliphatic rings. The first-order chi connectivity index (χ1) is 7.75. The number of benzene rings is 1. The van der Waals surface area contributed by atoms with Gasteiger partial charge in [0.05, 0.1) is 0 Å². The van der Waals surface area contributed by atoms with Crippen molar-refractivity contribution in [1.29, 1.82) is 0 Å². The van der Waals surface area contributed by atoms with Crippen LogP contribution in [0.25, 0.3) is 0 Å². The van der Waals surface area contributed by atoms with Crippen LogP contribution in [0.15, 0.2) is 30.3 Å². The number of nitrogens with zero attached hydrogens (tertiary/aromatic N) is 1. The summed E-state index contributed by atoms with van der Waals surface area (Å²) >= 11 is 0. The smallest absolute Gasteiger partial charge is 0.119 e. The molecule has 16 heavy (non-hydrogen) atoms. The van der Waals surface area contributed by atoms with E-state index in [0.717, 1.165) is 18.3 Å². The lowest BCUT2D eigenvalue weighted by Crippen LogP contribution is -2.35. The van der Waals surface area contributed by atoms with Crippen LogP contribution < -0.4 is 4.74 Å². The highest BCUT2D eigenvalue weighted by Gasteiger charge is 2.23. The van der Waals surface area contributed by atoms with Gasteiger partial charge in [0.15, 0.2) is 0 Å². The van der Waals surface area contributed by atoms with Gasteiger partial charge in [-0.15, -0.1) is 0 Å². The fourth-order valence-corrected chi connectivity index (χ4v) is 2.21. The summed E-state index contributed by atoms with van der Waals surface area (Å²) in [5.41, 5.74) is 0. The predicted molar refractivity (Wildman–Crippen MR) is 66.8 cm³/mol. The minimum atomic E-state index is 0.519. The second kappa shape index (κ2) is 5.35. The summed E-state index contributed by atoms with van der Waals surface area (Å²) in [6, 6.07) is 10.6. The highest BCUT2D eigenvalue weighted by molar-refractivity contribution is 5.20. The summed E-state index contributed by atoms with van der Waals surface area (Å²) in [5.74, 6) is 1.82. The number of likely N-dealkylation sites (tertiary alicyclic amines) is 1. The maximum absolute atomic E-state index is 5.77. The van der Waals surface area contributed by atoms with Gasteiger partial charge in [-0.3, -0.25) is 4.90 Å². The molecular weight excluding hydrogens is 198 g/mol. The summed E-state index contributed by atoms with van der Waals surface area (Å²) in [7, 11) is 0. The zero-order chi connectivity index (χ0) is 11.4. The average molecular weight is 219 g/mol. The van der Waals surface area contributed by atoms with Gasteiger partial charge in [0.2, 0.25) is 0 Å². The molecule has 0 spiro atoms. The molecule has 1 aromatic carbocycles. The summed E-state index contributed by atoms with van der Waals surface area (Å²) in [5, 5.41) is 0. The van der Waals surface area contributed by atoms with Crippen LogP contribution >= 0.6 is 0 Å². The van der Waals surface area contributed by atoms with E-state index in [-0.39, 0.29) is 0 Å². The molecule has 2 atom stereocenters. The fraction of sp³-hybridized carbons (Fsp3) is 0.571. The molecule has 88 valence electrons. The van der Waals surface area contributed by atoms with E-state index in [1.807, 2.05) is 30.3 Å². The second-order valence-corrected chi connectivity index (χ2v) is 4.86. The van der Waals surface area contributed by atoms with Crippen LogP contribution in [0.5, 0.6) is 5.75 Å². The third kappa shape index (κ3) is 2.99. The molecule has 1 aromatic rings. The van der Waals surface area contributed by atoms with Gasteiger partial charge in [-0.25, -0.2) is 0 Å². The van der Waals surface area contributed by atoms with Crippen LogP contribution in [-0.2, 0) is 0 Å². The zero-order valence-corrected chi connectivity index (χ0v) is 10.2. The summed E-state index contributed by atoms with van der Waals surface area (Å²) < 4.78 is 5.77. The summed E-state index contributed by atoms with van der Waals surface area (Å²) in [6.07, 6.45) is 1.33. The first-order valence-corrected chi connectivity index (χ1v) is 6.17. The SMILES string of the molecule is C[C@@H]1CCN([C@H](C)COc2ccccc2)C1. The number of para-hydroxylation sites is 1. The Bertz CT molecular complexity index is 312. The summed E-state index contributed by atoms with van der Waals surface area (Å²) in [6.45, 7) is 7.81. The third-order valence-corrected chi connectivity index (χ3v) is 3.31. The predicted octanol–water partition coefficient (Wildman–Crippen LogP) is 2.80. The molecule has 0 aromatic heterocycles. The van der Waals surface area contributed by atoms with Crippen molar-refractivity contribution in [2.45, 2.75) is 26.3 Å². The first-order valence-electron chi connectivity index (χ1n) is 6.17. The van der Waals surface area contributed by atoms with Crippen molar-refractivity contribution in [2.24, 2.45) is 5.92 Å². The lowest BCUT2D eigenvalue weighted by Gasteiger charge is -2.24. The van der Waals surface area contributed by atoms with E-state index < -0.39 is 0 Å². The van der Waals surface area contributed by atoms with Gasteiger partial charge >= 0.3 is 0 Å². The molecule has 0 radical (unpaired) electrons. The molecule has 0 unspecified atom stereocenters. The lowest BCUT2D eigenvalue weighted by molar-refractivity contribution is 0.169. The van der Waals surface area contributed by atoms with Crippen molar-refractivity contribution < 1.29 is 4.74 Å². The van der Waals surface area contributed by atoms with Crippen LogP contribution in [0, 0.1) is 5.92 Å². The highest BCUT2D eigenvalue weighted by Crippen LogP contribution is 2.18. The molecule has 0 aliphatic carbocycles. The Labute approximate surface area is 98.2 Å². The Kier molecular flexibility index (Phi) is 3.83. The van der Waals surface area contributed by atoms with E-state index in [4.69, 9.17) is 4.74 Å². The fourth-order valence-electron chi connectivity index (χ4n) is 2.21. The van der Waals surface area contributed by atoms with Gasteiger partial charge < -0.3 is 4.74 Å². The Morgan fingerprint density at radius 3 is 2.75 bits per heavy atom. The third-order valence-electron chi connectivity index (χ3n) is 3.31. The van der Waals surface area contributed by atoms with Gasteiger partial charge in [-0.1, -0.05) is 25.1 Å². The lowest BCUT2D eigenvalue weighted by atomic mass is 10.2. The molecule has 2 heteroatoms. The minimum Gasteiger partial charge on any atom is -0.492 e. The number of hydrogen-bond acceptors (Lipinski definition) is 2. The first kappa shape index (κ1) is 11.5. The average Bonchev–Trinajstić information content (AvgIpc) is 2.74. The van der Waals surface area contributed by atoms with E-state index in [1.54, 1.807) is 0 Å². The molecular formula is C14H21NO. The molecule has 2 rings (SSSR count). The van der Waals surface area contributed by atoms with Crippen molar-refractivity contribution in [2.75, 3.05) is 19.7 Å². The van der Waals surface area contributed by atoms with Crippen molar-refractivity contribution >= 4 is 0 Å². The normalized spacial score (nSPS) is 23.2. The summed E-state index contributed by atoms with van der Waals surface area (Å²) in [4.78, 5) is 2.52. The molecule has 1 aliphatic heterocycles. The maximum atomic E-state index is 5.77. The number of hydrogen-bond donors (Lipinski definition) is 0. The Morgan fingerprint density at radius 2 is 2.12 bits per heavy atom. The van der Waals surface area contributed by atoms with Crippen molar-refractivity contribution in [3.05, 3.63) is 30.3 Å². The Balaban J connectivity index is 1.78. The molecule has 1 saturated heterocycles. The quantitative estimate of drug-likeness (QED) is 0.772. The molecule has 2 nitrogen and oxygen atoms in total. The van der Waals surface area contributed by atoms with Gasteiger partial charge in [-0.2, -0.15) is 0 Å². The number of ether oxygens (including phenoxy) is 1. The maximum Gasteiger partial charge on any atom is 0.119 e. The van der Waals surface area contributed by atoms with Crippen LogP contribution in [0.2, 0.25) is 0 Å². The van der Waals surface area contributed by atoms with E-state index in [9.17, 15) is 0 Å². The zero-order valence-electron chi connectivity index (χ0n) is 10.2. The Hall–Kier alpha value is -1.02. The van der Waals surface area contributed by atoms with Crippen molar-refractivity contribution in [1.82, 2.24) is 4.90 Å². The van der Waals surface area contributed by atoms with Crippen LogP contribution in [0.3, 0.4) is 0 Å². The molecule has 0 amide bonds. The molecule has 0 bridgehead atoms. The van der Waals surface area contributed by atoms with Crippen LogP contribution in [0.4, 0.5) is 0 Å². The van der Waals surface area contributed by atoms with Crippen molar-refractivity contribution in [3.63, 3.8) is 0 Å². The molecule has 1 fully saturated rings. The van der Waals surface area contributed by atoms with Crippen LogP contribution in [0.1, 0.15) is 20.3 Å². The minimum absolute atomic E-state index is 0.519. The van der Waals surface area contributed by atoms with Gasteiger partial charge in [-0.05, 0) is 37.9 Å². The van der Waals surface area contributed by atoms with Gasteiger partial charge in [0.25, 0.3) is 0 Å².